The van der Waals surface area contributed by atoms with Crippen LogP contribution in [0.3, 0.4) is 0 Å². The molecule has 0 saturated carbocycles. The first kappa shape index (κ1) is 17.7. The highest BCUT2D eigenvalue weighted by Gasteiger charge is 2.18. The zero-order chi connectivity index (χ0) is 17.7. The van der Waals surface area contributed by atoms with Crippen LogP contribution in [0.5, 0.6) is 17.2 Å². The lowest BCUT2D eigenvalue weighted by Crippen LogP contribution is -2.09. The molecule has 0 atom stereocenters. The molecule has 0 saturated heterocycles. The van der Waals surface area contributed by atoms with E-state index >= 15 is 0 Å². The molecule has 0 radical (unpaired) electrons. The molecule has 11 heteroatoms. The summed E-state index contributed by atoms with van der Waals surface area (Å²) in [7, 11) is 4.53. The van der Waals surface area contributed by atoms with Crippen LogP contribution in [-0.2, 0) is 6.54 Å². The molecule has 2 heterocycles. The van der Waals surface area contributed by atoms with E-state index in [1.165, 1.54) is 27.5 Å². The van der Waals surface area contributed by atoms with Gasteiger partial charge < -0.3 is 25.3 Å². The second-order valence-corrected chi connectivity index (χ2v) is 5.13. The number of methoxy groups -OCH3 is 3. The van der Waals surface area contributed by atoms with E-state index in [1.807, 2.05) is 0 Å². The topological polar surface area (TPSA) is 141 Å². The maximum atomic E-state index is 7.23. The van der Waals surface area contributed by atoms with Gasteiger partial charge in [-0.05, 0) is 15.9 Å². The lowest BCUT2D eigenvalue weighted by atomic mass is 10.2. The summed E-state index contributed by atoms with van der Waals surface area (Å²) in [4.78, 5) is 12.2. The smallest absolute Gasteiger partial charge is 0.223 e. The molecule has 2 rings (SSSR count). The van der Waals surface area contributed by atoms with Gasteiger partial charge in [-0.1, -0.05) is 0 Å². The van der Waals surface area contributed by atoms with Crippen molar-refractivity contribution in [2.45, 2.75) is 6.54 Å². The fourth-order valence-electron chi connectivity index (χ4n) is 2.01. The number of aromatic nitrogens is 3. The summed E-state index contributed by atoms with van der Waals surface area (Å²) in [6.45, 7) is 0.231. The van der Waals surface area contributed by atoms with Gasteiger partial charge in [0.15, 0.2) is 23.0 Å². The number of rotatable bonds is 7. The van der Waals surface area contributed by atoms with E-state index in [2.05, 4.69) is 41.3 Å². The molecule has 0 amide bonds. The molecule has 2 aromatic rings. The second kappa shape index (κ2) is 7.73. The minimum atomic E-state index is 0.0454. The summed E-state index contributed by atoms with van der Waals surface area (Å²) >= 11 is 3.19. The third-order valence-corrected chi connectivity index (χ3v) is 3.60. The third kappa shape index (κ3) is 3.45. The molecule has 0 aromatic carbocycles. The van der Waals surface area contributed by atoms with Gasteiger partial charge in [-0.15, -0.1) is 0 Å². The predicted molar refractivity (Wildman–Crippen MR) is 90.2 cm³/mol. The Morgan fingerprint density at radius 3 is 2.50 bits per heavy atom. The monoisotopic (exact) mass is 397 g/mol. The van der Waals surface area contributed by atoms with E-state index < -0.39 is 0 Å². The number of nitrogens with one attached hydrogen (secondary N) is 2. The van der Waals surface area contributed by atoms with Crippen LogP contribution >= 0.6 is 15.9 Å². The highest BCUT2D eigenvalue weighted by atomic mass is 79.9. The molecule has 2 aromatic heterocycles. The molecule has 0 unspecified atom stereocenters. The van der Waals surface area contributed by atoms with Gasteiger partial charge in [0.25, 0.3) is 0 Å². The lowest BCUT2D eigenvalue weighted by molar-refractivity contribution is 0.319. The molecular formula is C13H16BrN7O3. The first-order chi connectivity index (χ1) is 11.5. The minimum absolute atomic E-state index is 0.0454. The number of hydrogen-bond acceptors (Lipinski definition) is 10. The van der Waals surface area contributed by atoms with Crippen LogP contribution in [0.25, 0.3) is 0 Å². The van der Waals surface area contributed by atoms with Gasteiger partial charge in [-0.25, -0.2) is 10.5 Å². The summed E-state index contributed by atoms with van der Waals surface area (Å²) in [5, 5.41) is 6.40. The van der Waals surface area contributed by atoms with Gasteiger partial charge in [0, 0.05) is 0 Å². The van der Waals surface area contributed by atoms with Gasteiger partial charge >= 0.3 is 0 Å². The van der Waals surface area contributed by atoms with Gasteiger partial charge in [0.1, 0.15) is 10.3 Å². The highest BCUT2D eigenvalue weighted by molar-refractivity contribution is 9.10. The zero-order valence-electron chi connectivity index (χ0n) is 13.3. The van der Waals surface area contributed by atoms with E-state index in [9.17, 15) is 0 Å². The van der Waals surface area contributed by atoms with E-state index in [-0.39, 0.29) is 18.2 Å². The zero-order valence-corrected chi connectivity index (χ0v) is 14.8. The standard InChI is InChI=1S/C13H16BrN7O3/c1-22-7-5-17-6(9(23-2)10(7)24-3)4-18-12-8(21-16)11(14)19-13(15)20-12/h5,16H,4H2,1-3H3,(H3,15,18,19,20). The summed E-state index contributed by atoms with van der Waals surface area (Å²) < 4.78 is 16.2. The first-order valence-corrected chi connectivity index (χ1v) is 7.43. The van der Waals surface area contributed by atoms with Crippen molar-refractivity contribution in [1.82, 2.24) is 15.0 Å². The number of ether oxygens (including phenoxy) is 3. The molecule has 0 aliphatic carbocycles. The van der Waals surface area contributed by atoms with Crippen molar-refractivity contribution in [2.24, 2.45) is 5.11 Å². The fourth-order valence-corrected chi connectivity index (χ4v) is 2.46. The molecule has 0 spiro atoms. The van der Waals surface area contributed by atoms with Crippen molar-refractivity contribution in [3.63, 3.8) is 0 Å². The average molecular weight is 398 g/mol. The molecule has 0 aliphatic rings. The van der Waals surface area contributed by atoms with Crippen molar-refractivity contribution in [3.05, 3.63) is 16.5 Å². The fraction of sp³-hybridized carbons (Fsp3) is 0.308. The predicted octanol–water partition coefficient (Wildman–Crippen LogP) is 2.52. The Kier molecular flexibility index (Phi) is 5.68. The highest BCUT2D eigenvalue weighted by Crippen LogP contribution is 2.39. The lowest BCUT2D eigenvalue weighted by Gasteiger charge is -2.15. The Morgan fingerprint density at radius 2 is 1.92 bits per heavy atom. The summed E-state index contributed by atoms with van der Waals surface area (Å²) in [5.74, 6) is 1.65. The summed E-state index contributed by atoms with van der Waals surface area (Å²) in [6, 6.07) is 0. The van der Waals surface area contributed by atoms with Gasteiger partial charge in [0.2, 0.25) is 11.7 Å². The Hall–Kier alpha value is -2.69. The molecule has 128 valence electrons. The van der Waals surface area contributed by atoms with Crippen molar-refractivity contribution in [2.75, 3.05) is 32.4 Å². The van der Waals surface area contributed by atoms with Crippen molar-refractivity contribution in [3.8, 4) is 17.2 Å². The normalized spacial score (nSPS) is 10.2. The number of nitrogens with two attached hydrogens (primary N) is 1. The second-order valence-electron chi connectivity index (χ2n) is 4.37. The van der Waals surface area contributed by atoms with Crippen LogP contribution in [-0.4, -0.2) is 36.3 Å². The Morgan fingerprint density at radius 1 is 1.21 bits per heavy atom. The van der Waals surface area contributed by atoms with Crippen LogP contribution in [0.1, 0.15) is 5.69 Å². The minimum Gasteiger partial charge on any atom is -0.491 e. The van der Waals surface area contributed by atoms with Gasteiger partial charge in [-0.3, -0.25) is 4.98 Å². The van der Waals surface area contributed by atoms with Gasteiger partial charge in [0.05, 0.1) is 34.1 Å². The van der Waals surface area contributed by atoms with Crippen LogP contribution in [0.4, 0.5) is 17.5 Å². The molecular weight excluding hydrogens is 382 g/mol. The van der Waals surface area contributed by atoms with Gasteiger partial charge in [-0.2, -0.15) is 10.1 Å². The van der Waals surface area contributed by atoms with E-state index in [0.717, 1.165) is 0 Å². The maximum Gasteiger partial charge on any atom is 0.223 e. The summed E-state index contributed by atoms with van der Waals surface area (Å²) in [6.07, 6.45) is 1.53. The third-order valence-electron chi connectivity index (χ3n) is 3.05. The number of hydrogen-bond donors (Lipinski definition) is 3. The molecule has 0 fully saturated rings. The van der Waals surface area contributed by atoms with Crippen molar-refractivity contribution < 1.29 is 14.2 Å². The van der Waals surface area contributed by atoms with Crippen LogP contribution in [0.2, 0.25) is 0 Å². The number of halogens is 1. The van der Waals surface area contributed by atoms with Crippen molar-refractivity contribution in [1.29, 1.82) is 5.53 Å². The van der Waals surface area contributed by atoms with Crippen LogP contribution in [0, 0.1) is 5.53 Å². The summed E-state index contributed by atoms with van der Waals surface area (Å²) in [5.41, 5.74) is 13.6. The average Bonchev–Trinajstić information content (AvgIpc) is 2.58. The van der Waals surface area contributed by atoms with E-state index in [0.29, 0.717) is 33.4 Å². The Bertz CT molecular complexity index is 757. The quantitative estimate of drug-likeness (QED) is 0.477. The molecule has 0 bridgehead atoms. The molecule has 0 aliphatic heterocycles. The number of nitrogen functional groups attached to an aromatic ring is 1. The van der Waals surface area contributed by atoms with E-state index in [1.54, 1.807) is 0 Å². The van der Waals surface area contributed by atoms with Crippen LogP contribution < -0.4 is 25.3 Å². The Balaban J connectivity index is 2.35. The first-order valence-electron chi connectivity index (χ1n) is 6.63. The largest absolute Gasteiger partial charge is 0.491 e. The maximum absolute atomic E-state index is 7.23. The Labute approximate surface area is 146 Å². The SMILES string of the molecule is COc1cnc(CNc2nc(N)nc(Br)c2N=N)c(OC)c1OC. The van der Waals surface area contributed by atoms with Crippen molar-refractivity contribution >= 4 is 33.4 Å². The van der Waals surface area contributed by atoms with E-state index in [4.69, 9.17) is 25.5 Å². The number of anilines is 2. The molecule has 24 heavy (non-hydrogen) atoms. The molecule has 10 nitrogen and oxygen atoms in total. The van der Waals surface area contributed by atoms with Crippen LogP contribution in [0.15, 0.2) is 15.9 Å². The molecule has 4 N–H and O–H groups in total. The number of nitrogens with zero attached hydrogens (tertiary/aromatic N) is 4. The number of pyridine rings is 1.